The van der Waals surface area contributed by atoms with Crippen molar-refractivity contribution in [2.24, 2.45) is 0 Å². The third kappa shape index (κ3) is 3.50. The molecule has 1 aliphatic carbocycles. The lowest BCUT2D eigenvalue weighted by Crippen LogP contribution is -2.37. The first-order valence-electron chi connectivity index (χ1n) is 9.54. The third-order valence-electron chi connectivity index (χ3n) is 6.01. The minimum absolute atomic E-state index is 0.172. The van der Waals surface area contributed by atoms with Crippen molar-refractivity contribution in [3.63, 3.8) is 0 Å². The summed E-state index contributed by atoms with van der Waals surface area (Å²) in [5, 5.41) is 11.0. The summed E-state index contributed by atoms with van der Waals surface area (Å²) in [6.07, 6.45) is 6.92. The second kappa shape index (κ2) is 6.57. The second-order valence-corrected chi connectivity index (χ2v) is 8.81. The molecule has 1 atom stereocenters. The van der Waals surface area contributed by atoms with Gasteiger partial charge in [-0.05, 0) is 52.3 Å². The molecule has 0 bridgehead atoms. The molecular formula is C23H32NO+. The smallest absolute Gasteiger partial charge is 0.178 e. The van der Waals surface area contributed by atoms with E-state index in [1.807, 2.05) is 30.6 Å². The molecule has 1 N–H and O–H groups in total. The molecule has 0 unspecified atom stereocenters. The van der Waals surface area contributed by atoms with E-state index in [2.05, 4.69) is 51.3 Å². The predicted octanol–water partition coefficient (Wildman–Crippen LogP) is 4.62. The minimum atomic E-state index is -0.478. The van der Waals surface area contributed by atoms with Gasteiger partial charge in [0.05, 0.1) is 0 Å². The molecule has 1 heterocycles. The fourth-order valence-electron chi connectivity index (χ4n) is 4.15. The van der Waals surface area contributed by atoms with Crippen molar-refractivity contribution in [1.82, 2.24) is 0 Å². The maximum Gasteiger partial charge on any atom is 0.178 e. The molecule has 0 amide bonds. The van der Waals surface area contributed by atoms with Crippen LogP contribution in [0.5, 0.6) is 0 Å². The molecule has 2 nitrogen and oxygen atoms in total. The zero-order chi connectivity index (χ0) is 18.2. The predicted molar refractivity (Wildman–Crippen MR) is 103 cm³/mol. The summed E-state index contributed by atoms with van der Waals surface area (Å²) < 4.78 is 2.05. The van der Waals surface area contributed by atoms with Gasteiger partial charge >= 0.3 is 0 Å². The molecule has 0 radical (unpaired) electrons. The Morgan fingerprint density at radius 3 is 2.08 bits per heavy atom. The number of rotatable bonds is 4. The number of fused-ring (bicyclic) bond motifs is 1. The molecule has 2 aromatic rings. The lowest BCUT2D eigenvalue weighted by atomic mass is 9.62. The molecule has 0 saturated heterocycles. The standard InChI is InChI=1S/C23H32NO/c1-6-17-14-19-20(23(4,5)11-10-22(19,2)3)15-18(17)21(25)16-24-12-8-7-9-13-24/h7-9,12-15,21,25H,6,10-11,16H2,1-5H3/q+1/t21-/m0/s1. The Morgan fingerprint density at radius 2 is 1.52 bits per heavy atom. The van der Waals surface area contributed by atoms with E-state index >= 15 is 0 Å². The monoisotopic (exact) mass is 338 g/mol. The topological polar surface area (TPSA) is 24.1 Å². The molecule has 0 fully saturated rings. The maximum atomic E-state index is 11.0. The summed E-state index contributed by atoms with van der Waals surface area (Å²) in [6, 6.07) is 10.7. The molecular weight excluding hydrogens is 306 g/mol. The number of aliphatic hydroxyl groups is 1. The van der Waals surface area contributed by atoms with Crippen LogP contribution in [-0.4, -0.2) is 5.11 Å². The molecule has 25 heavy (non-hydrogen) atoms. The van der Waals surface area contributed by atoms with Gasteiger partial charge in [-0.3, -0.25) is 0 Å². The van der Waals surface area contributed by atoms with Gasteiger partial charge in [0.25, 0.3) is 0 Å². The number of pyridine rings is 1. The van der Waals surface area contributed by atoms with Crippen molar-refractivity contribution in [3.8, 4) is 0 Å². The minimum Gasteiger partial charge on any atom is -0.382 e. The Bertz CT molecular complexity index is 746. The van der Waals surface area contributed by atoms with Crippen molar-refractivity contribution in [3.05, 3.63) is 65.0 Å². The van der Waals surface area contributed by atoms with Crippen LogP contribution in [0.15, 0.2) is 42.7 Å². The van der Waals surface area contributed by atoms with E-state index in [-0.39, 0.29) is 10.8 Å². The molecule has 3 rings (SSSR count). The van der Waals surface area contributed by atoms with Crippen LogP contribution >= 0.6 is 0 Å². The molecule has 134 valence electrons. The molecule has 0 saturated carbocycles. The Kier molecular flexibility index (Phi) is 4.76. The van der Waals surface area contributed by atoms with Crippen LogP contribution in [0.1, 0.15) is 75.8 Å². The molecule has 1 aromatic carbocycles. The van der Waals surface area contributed by atoms with Crippen molar-refractivity contribution in [1.29, 1.82) is 0 Å². The Hall–Kier alpha value is -1.67. The van der Waals surface area contributed by atoms with Crippen LogP contribution in [0.25, 0.3) is 0 Å². The highest BCUT2D eigenvalue weighted by Gasteiger charge is 2.38. The van der Waals surface area contributed by atoms with Gasteiger partial charge in [0.2, 0.25) is 0 Å². The fraction of sp³-hybridized carbons (Fsp3) is 0.522. The van der Waals surface area contributed by atoms with Crippen LogP contribution < -0.4 is 4.57 Å². The van der Waals surface area contributed by atoms with Gasteiger partial charge in [0, 0.05) is 12.1 Å². The number of hydrogen-bond acceptors (Lipinski definition) is 1. The van der Waals surface area contributed by atoms with Crippen molar-refractivity contribution < 1.29 is 9.67 Å². The SMILES string of the molecule is CCc1cc2c(cc1[C@@H](O)C[n+]1ccccc1)C(C)(C)CCC2(C)C. The highest BCUT2D eigenvalue weighted by molar-refractivity contribution is 5.48. The van der Waals surface area contributed by atoms with Crippen LogP contribution in [0.3, 0.4) is 0 Å². The van der Waals surface area contributed by atoms with Crippen LogP contribution in [0.2, 0.25) is 0 Å². The van der Waals surface area contributed by atoms with Gasteiger partial charge in [-0.25, -0.2) is 4.57 Å². The number of aryl methyl sites for hydroxylation is 1. The Labute approximate surface area is 152 Å². The Balaban J connectivity index is 2.05. The number of benzene rings is 1. The summed E-state index contributed by atoms with van der Waals surface area (Å²) in [4.78, 5) is 0. The summed E-state index contributed by atoms with van der Waals surface area (Å²) in [5.41, 5.74) is 5.67. The van der Waals surface area contributed by atoms with Gasteiger partial charge in [-0.2, -0.15) is 0 Å². The first-order chi connectivity index (χ1) is 11.7. The van der Waals surface area contributed by atoms with Crippen molar-refractivity contribution >= 4 is 0 Å². The zero-order valence-corrected chi connectivity index (χ0v) is 16.3. The number of aliphatic hydroxyl groups excluding tert-OH is 1. The fourth-order valence-corrected chi connectivity index (χ4v) is 4.15. The highest BCUT2D eigenvalue weighted by Crippen LogP contribution is 2.47. The number of nitrogens with zero attached hydrogens (tertiary/aromatic N) is 1. The molecule has 0 aliphatic heterocycles. The van der Waals surface area contributed by atoms with E-state index in [0.29, 0.717) is 6.54 Å². The second-order valence-electron chi connectivity index (χ2n) is 8.81. The molecule has 1 aliphatic rings. The van der Waals surface area contributed by atoms with Crippen LogP contribution in [-0.2, 0) is 23.8 Å². The lowest BCUT2D eigenvalue weighted by Gasteiger charge is -2.42. The van der Waals surface area contributed by atoms with Crippen molar-refractivity contribution in [2.75, 3.05) is 0 Å². The largest absolute Gasteiger partial charge is 0.382 e. The number of aromatic nitrogens is 1. The Morgan fingerprint density at radius 1 is 0.960 bits per heavy atom. The van der Waals surface area contributed by atoms with E-state index in [0.717, 1.165) is 12.0 Å². The summed E-state index contributed by atoms with van der Waals surface area (Å²) in [6.45, 7) is 12.2. The average molecular weight is 339 g/mol. The third-order valence-corrected chi connectivity index (χ3v) is 6.01. The molecule has 2 heteroatoms. The van der Waals surface area contributed by atoms with E-state index in [1.165, 1.54) is 29.5 Å². The summed E-state index contributed by atoms with van der Waals surface area (Å²) in [5.74, 6) is 0. The highest BCUT2D eigenvalue weighted by atomic mass is 16.3. The van der Waals surface area contributed by atoms with Crippen LogP contribution in [0.4, 0.5) is 0 Å². The normalized spacial score (nSPS) is 19.3. The first-order valence-corrected chi connectivity index (χ1v) is 9.54. The quantitative estimate of drug-likeness (QED) is 0.808. The number of hydrogen-bond donors (Lipinski definition) is 1. The van der Waals surface area contributed by atoms with E-state index < -0.39 is 6.10 Å². The molecule has 1 aromatic heterocycles. The van der Waals surface area contributed by atoms with E-state index in [1.54, 1.807) is 0 Å². The maximum absolute atomic E-state index is 11.0. The van der Waals surface area contributed by atoms with Gasteiger partial charge in [0.15, 0.2) is 18.9 Å². The van der Waals surface area contributed by atoms with E-state index in [9.17, 15) is 5.11 Å². The summed E-state index contributed by atoms with van der Waals surface area (Å²) >= 11 is 0. The lowest BCUT2D eigenvalue weighted by molar-refractivity contribution is -0.704. The summed E-state index contributed by atoms with van der Waals surface area (Å²) in [7, 11) is 0. The van der Waals surface area contributed by atoms with Gasteiger partial charge in [-0.15, -0.1) is 0 Å². The van der Waals surface area contributed by atoms with Crippen molar-refractivity contribution in [2.45, 2.75) is 77.4 Å². The van der Waals surface area contributed by atoms with Gasteiger partial charge < -0.3 is 5.11 Å². The average Bonchev–Trinajstić information content (AvgIpc) is 2.59. The van der Waals surface area contributed by atoms with Gasteiger partial charge in [0.1, 0.15) is 6.10 Å². The zero-order valence-electron chi connectivity index (χ0n) is 16.3. The first kappa shape index (κ1) is 18.1. The van der Waals surface area contributed by atoms with Crippen LogP contribution in [0, 0.1) is 0 Å². The van der Waals surface area contributed by atoms with Gasteiger partial charge in [-0.1, -0.05) is 52.8 Å². The van der Waals surface area contributed by atoms with E-state index in [4.69, 9.17) is 0 Å². The molecule has 0 spiro atoms.